The number of nitrogens with one attached hydrogen (secondary N) is 2. The van der Waals surface area contributed by atoms with Crippen LogP contribution in [-0.2, 0) is 0 Å². The molecular formula is C20H26ClN3O3. The fourth-order valence-corrected chi connectivity index (χ4v) is 2.30. The van der Waals surface area contributed by atoms with Crippen LogP contribution in [0, 0.1) is 0 Å². The monoisotopic (exact) mass is 391 g/mol. The normalized spacial score (nSPS) is 9.85. The van der Waals surface area contributed by atoms with Crippen molar-refractivity contribution in [2.24, 2.45) is 5.73 Å². The Labute approximate surface area is 165 Å². The van der Waals surface area contributed by atoms with Crippen LogP contribution < -0.4 is 21.1 Å². The fourth-order valence-electron chi connectivity index (χ4n) is 2.30. The van der Waals surface area contributed by atoms with Crippen LogP contribution in [0.15, 0.2) is 48.5 Å². The first-order valence-electron chi connectivity index (χ1n) is 8.77. The summed E-state index contributed by atoms with van der Waals surface area (Å²) in [6.45, 7) is 3.49. The van der Waals surface area contributed by atoms with Gasteiger partial charge in [-0.3, -0.25) is 9.59 Å². The fraction of sp³-hybridized carbons (Fsp3) is 0.300. The number of anilines is 1. The van der Waals surface area contributed by atoms with E-state index >= 15 is 0 Å². The number of hydrogen-bond donors (Lipinski definition) is 3. The van der Waals surface area contributed by atoms with Gasteiger partial charge in [-0.15, -0.1) is 12.4 Å². The van der Waals surface area contributed by atoms with Gasteiger partial charge in [-0.25, -0.2) is 0 Å². The Morgan fingerprint density at radius 3 is 2.41 bits per heavy atom. The molecule has 0 atom stereocenters. The summed E-state index contributed by atoms with van der Waals surface area (Å²) in [4.78, 5) is 24.6. The van der Waals surface area contributed by atoms with Gasteiger partial charge in [-0.05, 0) is 42.8 Å². The third-order valence-electron chi connectivity index (χ3n) is 3.73. The highest BCUT2D eigenvalue weighted by Crippen LogP contribution is 2.18. The molecule has 2 rings (SSSR count). The van der Waals surface area contributed by atoms with Gasteiger partial charge in [0.25, 0.3) is 11.8 Å². The molecule has 2 amide bonds. The molecule has 0 aromatic heterocycles. The predicted molar refractivity (Wildman–Crippen MR) is 110 cm³/mol. The Morgan fingerprint density at radius 2 is 1.74 bits per heavy atom. The second kappa shape index (κ2) is 11.9. The lowest BCUT2D eigenvalue weighted by atomic mass is 10.1. The molecule has 0 fully saturated rings. The van der Waals surface area contributed by atoms with Gasteiger partial charge in [0.05, 0.1) is 17.9 Å². The van der Waals surface area contributed by atoms with Crippen molar-refractivity contribution in [2.75, 3.05) is 25.0 Å². The molecule has 6 nitrogen and oxygen atoms in total. The molecule has 4 N–H and O–H groups in total. The van der Waals surface area contributed by atoms with E-state index in [-0.39, 0.29) is 24.2 Å². The molecule has 0 radical (unpaired) electrons. The Hall–Kier alpha value is -2.57. The van der Waals surface area contributed by atoms with Crippen LogP contribution in [0.5, 0.6) is 5.75 Å². The first kappa shape index (κ1) is 22.5. The van der Waals surface area contributed by atoms with Crippen LogP contribution in [0.1, 0.15) is 40.5 Å². The maximum Gasteiger partial charge on any atom is 0.255 e. The lowest BCUT2D eigenvalue weighted by Crippen LogP contribution is -2.30. The molecule has 2 aromatic carbocycles. The summed E-state index contributed by atoms with van der Waals surface area (Å²) in [5.41, 5.74) is 6.75. The van der Waals surface area contributed by atoms with Crippen LogP contribution in [0.4, 0.5) is 5.69 Å². The van der Waals surface area contributed by atoms with E-state index in [1.807, 2.05) is 0 Å². The van der Waals surface area contributed by atoms with E-state index in [1.165, 1.54) is 0 Å². The number of ether oxygens (including phenoxy) is 1. The lowest BCUT2D eigenvalue weighted by Gasteiger charge is -2.11. The van der Waals surface area contributed by atoms with Crippen molar-refractivity contribution in [3.8, 4) is 5.75 Å². The first-order chi connectivity index (χ1) is 12.7. The molecule has 0 saturated carbocycles. The Bertz CT molecular complexity index is 736. The number of benzene rings is 2. The topological polar surface area (TPSA) is 93.4 Å². The van der Waals surface area contributed by atoms with Crippen LogP contribution >= 0.6 is 12.4 Å². The molecule has 0 aliphatic heterocycles. The zero-order chi connectivity index (χ0) is 18.8. The maximum atomic E-state index is 12.5. The number of carbonyl (C=O) groups excluding carboxylic acids is 2. The molecule has 2 aromatic rings. The molecule has 0 aliphatic rings. The Morgan fingerprint density at radius 1 is 1.04 bits per heavy atom. The van der Waals surface area contributed by atoms with Gasteiger partial charge in [-0.1, -0.05) is 25.5 Å². The number of nitrogens with two attached hydrogens (primary N) is 1. The molecular weight excluding hydrogens is 366 g/mol. The molecule has 146 valence electrons. The minimum atomic E-state index is -0.288. The predicted octanol–water partition coefficient (Wildman–Crippen LogP) is 3.23. The number of halogens is 1. The van der Waals surface area contributed by atoms with E-state index in [0.717, 1.165) is 18.6 Å². The largest absolute Gasteiger partial charge is 0.494 e. The zero-order valence-electron chi connectivity index (χ0n) is 15.4. The van der Waals surface area contributed by atoms with Crippen molar-refractivity contribution in [1.29, 1.82) is 0 Å². The van der Waals surface area contributed by atoms with E-state index in [9.17, 15) is 9.59 Å². The van der Waals surface area contributed by atoms with E-state index < -0.39 is 0 Å². The van der Waals surface area contributed by atoms with Gasteiger partial charge in [0, 0.05) is 18.7 Å². The quantitative estimate of drug-likeness (QED) is 0.572. The van der Waals surface area contributed by atoms with Crippen LogP contribution in [0.3, 0.4) is 0 Å². The van der Waals surface area contributed by atoms with Crippen LogP contribution in [0.2, 0.25) is 0 Å². The van der Waals surface area contributed by atoms with Crippen molar-refractivity contribution in [1.82, 2.24) is 5.32 Å². The third kappa shape index (κ3) is 6.92. The Balaban J connectivity index is 0.00000364. The summed E-state index contributed by atoms with van der Waals surface area (Å²) in [6.07, 6.45) is 2.06. The Kier molecular flexibility index (Phi) is 9.93. The summed E-state index contributed by atoms with van der Waals surface area (Å²) >= 11 is 0. The van der Waals surface area contributed by atoms with E-state index in [4.69, 9.17) is 10.5 Å². The van der Waals surface area contributed by atoms with Gasteiger partial charge in [0.15, 0.2) is 0 Å². The second-order valence-electron chi connectivity index (χ2n) is 5.77. The van der Waals surface area contributed by atoms with E-state index in [1.54, 1.807) is 48.5 Å². The van der Waals surface area contributed by atoms with Gasteiger partial charge in [-0.2, -0.15) is 0 Å². The zero-order valence-corrected chi connectivity index (χ0v) is 16.2. The lowest BCUT2D eigenvalue weighted by molar-refractivity contribution is 0.0955. The SMILES string of the molecule is CCCCOc1ccc(C(=O)Nc2ccccc2C(=O)NCCN)cc1.Cl. The van der Waals surface area contributed by atoms with Gasteiger partial charge in [0.1, 0.15) is 5.75 Å². The molecule has 27 heavy (non-hydrogen) atoms. The standard InChI is InChI=1S/C20H25N3O3.ClH/c1-2-3-14-26-16-10-8-15(9-11-16)19(24)23-18-7-5-4-6-17(18)20(25)22-13-12-21;/h4-11H,2-3,12-14,21H2,1H3,(H,22,25)(H,23,24);1H. The minimum absolute atomic E-state index is 0. The summed E-state index contributed by atoms with van der Waals surface area (Å²) in [6, 6.07) is 13.8. The highest BCUT2D eigenvalue weighted by molar-refractivity contribution is 6.09. The van der Waals surface area contributed by atoms with Crippen molar-refractivity contribution in [3.63, 3.8) is 0 Å². The summed E-state index contributed by atoms with van der Waals surface area (Å²) in [7, 11) is 0. The first-order valence-corrected chi connectivity index (χ1v) is 8.77. The molecule has 0 unspecified atom stereocenters. The number of para-hydroxylation sites is 1. The van der Waals surface area contributed by atoms with Gasteiger partial charge in [0.2, 0.25) is 0 Å². The highest BCUT2D eigenvalue weighted by Gasteiger charge is 2.13. The van der Waals surface area contributed by atoms with Gasteiger partial charge < -0.3 is 21.1 Å². The average molecular weight is 392 g/mol. The summed E-state index contributed by atoms with van der Waals surface area (Å²) < 4.78 is 5.59. The molecule has 0 spiro atoms. The van der Waals surface area contributed by atoms with Crippen molar-refractivity contribution in [3.05, 3.63) is 59.7 Å². The highest BCUT2D eigenvalue weighted by atomic mass is 35.5. The summed E-state index contributed by atoms with van der Waals surface area (Å²) in [5, 5.41) is 5.49. The van der Waals surface area contributed by atoms with Gasteiger partial charge >= 0.3 is 0 Å². The van der Waals surface area contributed by atoms with Crippen molar-refractivity contribution in [2.45, 2.75) is 19.8 Å². The number of hydrogen-bond acceptors (Lipinski definition) is 4. The maximum absolute atomic E-state index is 12.5. The minimum Gasteiger partial charge on any atom is -0.494 e. The summed E-state index contributed by atoms with van der Waals surface area (Å²) in [5.74, 6) is 0.173. The molecule has 0 bridgehead atoms. The second-order valence-corrected chi connectivity index (χ2v) is 5.77. The van der Waals surface area contributed by atoms with E-state index in [2.05, 4.69) is 17.6 Å². The molecule has 0 heterocycles. The van der Waals surface area contributed by atoms with Crippen LogP contribution in [0.25, 0.3) is 0 Å². The number of unbranched alkanes of at least 4 members (excludes halogenated alkanes) is 1. The molecule has 0 aliphatic carbocycles. The number of carbonyl (C=O) groups is 2. The molecule has 0 saturated heterocycles. The number of amides is 2. The van der Waals surface area contributed by atoms with E-state index in [0.29, 0.717) is 36.5 Å². The third-order valence-corrected chi connectivity index (χ3v) is 3.73. The smallest absolute Gasteiger partial charge is 0.255 e. The van der Waals surface area contributed by atoms with Crippen molar-refractivity contribution >= 4 is 29.9 Å². The number of rotatable bonds is 9. The van der Waals surface area contributed by atoms with Crippen LogP contribution in [-0.4, -0.2) is 31.5 Å². The average Bonchev–Trinajstić information content (AvgIpc) is 2.67. The molecule has 7 heteroatoms. The van der Waals surface area contributed by atoms with Crippen molar-refractivity contribution < 1.29 is 14.3 Å².